The second kappa shape index (κ2) is 25.5. The smallest absolute Gasteiger partial charge is 0.326 e. The van der Waals surface area contributed by atoms with Crippen LogP contribution in [0.2, 0.25) is 0 Å². The molecule has 41 heavy (non-hydrogen) atoms. The van der Waals surface area contributed by atoms with Gasteiger partial charge in [-0.25, -0.2) is 4.79 Å². The summed E-state index contributed by atoms with van der Waals surface area (Å²) in [6, 6.07) is -2.87. The normalized spacial score (nSPS) is 13.4. The van der Waals surface area contributed by atoms with Gasteiger partial charge in [-0.1, -0.05) is 97.8 Å². The lowest BCUT2D eigenvalue weighted by molar-refractivity contribution is -0.142. The van der Waals surface area contributed by atoms with Crippen molar-refractivity contribution in [3.63, 3.8) is 0 Å². The van der Waals surface area contributed by atoms with Crippen molar-refractivity contribution in [3.8, 4) is 0 Å². The van der Waals surface area contributed by atoms with E-state index in [2.05, 4.69) is 22.9 Å². The quantitative estimate of drug-likeness (QED) is 0.0787. The van der Waals surface area contributed by atoms with Gasteiger partial charge >= 0.3 is 5.97 Å². The zero-order chi connectivity index (χ0) is 30.9. The lowest BCUT2D eigenvalue weighted by atomic mass is 10.0. The van der Waals surface area contributed by atoms with E-state index in [4.69, 9.17) is 11.5 Å². The van der Waals surface area contributed by atoms with Crippen molar-refractivity contribution in [2.24, 2.45) is 17.4 Å². The van der Waals surface area contributed by atoms with Gasteiger partial charge in [0.2, 0.25) is 17.7 Å². The largest absolute Gasteiger partial charge is 0.480 e. The number of rotatable bonds is 27. The highest BCUT2D eigenvalue weighted by Crippen LogP contribution is 2.13. The fourth-order valence-electron chi connectivity index (χ4n) is 4.81. The van der Waals surface area contributed by atoms with Gasteiger partial charge in [-0.05, 0) is 51.1 Å². The molecule has 0 spiro atoms. The van der Waals surface area contributed by atoms with E-state index in [0.29, 0.717) is 32.2 Å². The Labute approximate surface area is 248 Å². The highest BCUT2D eigenvalue weighted by Gasteiger charge is 2.31. The van der Waals surface area contributed by atoms with Crippen molar-refractivity contribution >= 4 is 23.7 Å². The summed E-state index contributed by atoms with van der Waals surface area (Å²) in [6.45, 7) is 6.35. The maximum absolute atomic E-state index is 13.2. The summed E-state index contributed by atoms with van der Waals surface area (Å²) in [5.74, 6) is -2.70. The third-order valence-corrected chi connectivity index (χ3v) is 7.42. The zero-order valence-electron chi connectivity index (χ0n) is 26.2. The Morgan fingerprint density at radius 3 is 1.61 bits per heavy atom. The molecule has 0 heterocycles. The van der Waals surface area contributed by atoms with E-state index in [1.54, 1.807) is 13.8 Å². The number of carbonyl (C=O) groups is 4. The predicted molar refractivity (Wildman–Crippen MR) is 165 cm³/mol. The lowest BCUT2D eigenvalue weighted by Crippen LogP contribution is -2.57. The van der Waals surface area contributed by atoms with Crippen LogP contribution in [-0.4, -0.2) is 60.0 Å². The Kier molecular flexibility index (Phi) is 24.1. The minimum absolute atomic E-state index is 0.0802. The second-order valence-corrected chi connectivity index (χ2v) is 11.6. The number of carbonyl (C=O) groups excluding carboxylic acids is 3. The Hall–Kier alpha value is -2.20. The summed E-state index contributed by atoms with van der Waals surface area (Å²) in [6.07, 6.45) is 18.2. The molecule has 3 amide bonds. The molecule has 0 aliphatic rings. The van der Waals surface area contributed by atoms with Crippen molar-refractivity contribution in [1.29, 1.82) is 0 Å². The van der Waals surface area contributed by atoms with Gasteiger partial charge in [0.25, 0.3) is 0 Å². The molecule has 0 rings (SSSR count). The van der Waals surface area contributed by atoms with Crippen LogP contribution in [0.1, 0.15) is 136 Å². The number of nitrogens with two attached hydrogens (primary N) is 2. The molecule has 0 aromatic carbocycles. The van der Waals surface area contributed by atoms with Crippen LogP contribution in [0.25, 0.3) is 0 Å². The van der Waals surface area contributed by atoms with Crippen molar-refractivity contribution in [3.05, 3.63) is 0 Å². The molecule has 0 aliphatic heterocycles. The first-order valence-electron chi connectivity index (χ1n) is 16.2. The molecule has 240 valence electrons. The minimum atomic E-state index is -1.18. The molecular formula is C31H61N5O5. The SMILES string of the molecule is CCCCCCCCCCCCCCCC(=O)NC(CCCCN)C(=O)NC(C(=O)NC(CCN)C(=O)O)C(C)C. The third kappa shape index (κ3) is 20.3. The van der Waals surface area contributed by atoms with Crippen LogP contribution in [0.15, 0.2) is 0 Å². The molecule has 0 aromatic heterocycles. The van der Waals surface area contributed by atoms with Gasteiger partial charge in [0, 0.05) is 6.42 Å². The van der Waals surface area contributed by atoms with Crippen molar-refractivity contribution in [2.45, 2.75) is 154 Å². The van der Waals surface area contributed by atoms with Crippen LogP contribution in [-0.2, 0) is 19.2 Å². The molecule has 0 bridgehead atoms. The van der Waals surface area contributed by atoms with Crippen LogP contribution in [0.5, 0.6) is 0 Å². The number of unbranched alkanes of at least 4 members (excludes halogenated alkanes) is 13. The molecule has 0 aromatic rings. The first-order valence-corrected chi connectivity index (χ1v) is 16.2. The topological polar surface area (TPSA) is 177 Å². The molecule has 10 nitrogen and oxygen atoms in total. The van der Waals surface area contributed by atoms with E-state index in [9.17, 15) is 24.3 Å². The second-order valence-electron chi connectivity index (χ2n) is 11.6. The van der Waals surface area contributed by atoms with Crippen molar-refractivity contribution in [2.75, 3.05) is 13.1 Å². The predicted octanol–water partition coefficient (Wildman–Crippen LogP) is 4.14. The maximum Gasteiger partial charge on any atom is 0.326 e. The summed E-state index contributed by atoms with van der Waals surface area (Å²) in [5, 5.41) is 17.4. The highest BCUT2D eigenvalue weighted by molar-refractivity contribution is 5.93. The lowest BCUT2D eigenvalue weighted by Gasteiger charge is -2.26. The van der Waals surface area contributed by atoms with Gasteiger partial charge in [-0.15, -0.1) is 0 Å². The molecule has 3 unspecified atom stereocenters. The van der Waals surface area contributed by atoms with Crippen LogP contribution in [0.4, 0.5) is 0 Å². The van der Waals surface area contributed by atoms with E-state index >= 15 is 0 Å². The first kappa shape index (κ1) is 38.8. The summed E-state index contributed by atoms with van der Waals surface area (Å²) >= 11 is 0. The minimum Gasteiger partial charge on any atom is -0.480 e. The molecule has 0 fully saturated rings. The average Bonchev–Trinajstić information content (AvgIpc) is 2.93. The third-order valence-electron chi connectivity index (χ3n) is 7.42. The number of hydrogen-bond donors (Lipinski definition) is 6. The fraction of sp³-hybridized carbons (Fsp3) is 0.871. The molecule has 10 heteroatoms. The van der Waals surface area contributed by atoms with Crippen LogP contribution in [0, 0.1) is 5.92 Å². The molecule has 8 N–H and O–H groups in total. The monoisotopic (exact) mass is 583 g/mol. The highest BCUT2D eigenvalue weighted by atomic mass is 16.4. The average molecular weight is 584 g/mol. The first-order chi connectivity index (χ1) is 19.7. The van der Waals surface area contributed by atoms with E-state index in [1.807, 2.05) is 0 Å². The number of amides is 3. The van der Waals surface area contributed by atoms with E-state index in [-0.39, 0.29) is 24.8 Å². The zero-order valence-corrected chi connectivity index (χ0v) is 26.2. The Morgan fingerprint density at radius 2 is 1.15 bits per heavy atom. The van der Waals surface area contributed by atoms with E-state index < -0.39 is 35.9 Å². The van der Waals surface area contributed by atoms with Gasteiger partial charge in [0.1, 0.15) is 18.1 Å². The standard InChI is InChI=1S/C31H61N5O5/c1-4-5-6-7-8-9-10-11-12-13-14-15-16-20-27(37)34-25(19-17-18-22-32)29(38)36-28(24(2)3)30(39)35-26(21-23-33)31(40)41/h24-26,28H,4-23,32-33H2,1-3H3,(H,34,37)(H,35,39)(H,36,38)(H,40,41). The number of carboxylic acids is 1. The number of carboxylic acid groups (broad SMARTS) is 1. The molecule has 0 radical (unpaired) electrons. The van der Waals surface area contributed by atoms with Gasteiger partial charge in [-0.2, -0.15) is 0 Å². The van der Waals surface area contributed by atoms with Gasteiger partial charge in [-0.3, -0.25) is 14.4 Å². The van der Waals surface area contributed by atoms with Gasteiger partial charge < -0.3 is 32.5 Å². The molecule has 0 aliphatic carbocycles. The molecule has 0 saturated carbocycles. The number of hydrogen-bond acceptors (Lipinski definition) is 6. The molecule has 3 atom stereocenters. The van der Waals surface area contributed by atoms with Gasteiger partial charge in [0.05, 0.1) is 0 Å². The Bertz CT molecular complexity index is 719. The van der Waals surface area contributed by atoms with E-state index in [0.717, 1.165) is 19.3 Å². The van der Waals surface area contributed by atoms with Crippen LogP contribution in [0.3, 0.4) is 0 Å². The van der Waals surface area contributed by atoms with Crippen molar-refractivity contribution < 1.29 is 24.3 Å². The van der Waals surface area contributed by atoms with Crippen molar-refractivity contribution in [1.82, 2.24) is 16.0 Å². The summed E-state index contributed by atoms with van der Waals surface area (Å²) in [5.41, 5.74) is 11.1. The maximum atomic E-state index is 13.2. The number of aliphatic carboxylic acids is 1. The van der Waals surface area contributed by atoms with Crippen LogP contribution >= 0.6 is 0 Å². The van der Waals surface area contributed by atoms with Gasteiger partial charge in [0.15, 0.2) is 0 Å². The molecular weight excluding hydrogens is 522 g/mol. The summed E-state index contributed by atoms with van der Waals surface area (Å²) in [4.78, 5) is 50.1. The fourth-order valence-corrected chi connectivity index (χ4v) is 4.81. The van der Waals surface area contributed by atoms with E-state index in [1.165, 1.54) is 64.2 Å². The summed E-state index contributed by atoms with van der Waals surface area (Å²) < 4.78 is 0. The Morgan fingerprint density at radius 1 is 0.610 bits per heavy atom. The van der Waals surface area contributed by atoms with Crippen LogP contribution < -0.4 is 27.4 Å². The summed E-state index contributed by atoms with van der Waals surface area (Å²) in [7, 11) is 0. The Balaban J connectivity index is 4.61. The molecule has 0 saturated heterocycles. The number of nitrogens with one attached hydrogen (secondary N) is 3.